The van der Waals surface area contributed by atoms with E-state index in [1.54, 1.807) is 4.90 Å². The minimum Gasteiger partial charge on any atom is -0.341 e. The summed E-state index contributed by atoms with van der Waals surface area (Å²) in [6, 6.07) is 3.63. The van der Waals surface area contributed by atoms with Crippen LogP contribution in [0.3, 0.4) is 0 Å². The van der Waals surface area contributed by atoms with Crippen molar-refractivity contribution in [2.24, 2.45) is 11.7 Å². The summed E-state index contributed by atoms with van der Waals surface area (Å²) in [6.07, 6.45) is 4.71. The van der Waals surface area contributed by atoms with Crippen LogP contribution in [0.2, 0.25) is 0 Å². The lowest BCUT2D eigenvalue weighted by Crippen LogP contribution is -2.54. The van der Waals surface area contributed by atoms with Crippen molar-refractivity contribution in [3.05, 3.63) is 22.4 Å². The molecule has 1 aromatic rings. The Morgan fingerprint density at radius 2 is 1.92 bits per heavy atom. The Labute approximate surface area is 160 Å². The molecule has 0 aliphatic carbocycles. The van der Waals surface area contributed by atoms with Gasteiger partial charge in [-0.15, -0.1) is 23.7 Å². The maximum Gasteiger partial charge on any atom is 0.264 e. The molecule has 2 N–H and O–H groups in total. The molecule has 2 unspecified atom stereocenters. The number of rotatable bonds is 3. The van der Waals surface area contributed by atoms with E-state index in [-0.39, 0.29) is 36.3 Å². The molecule has 1 aromatic heterocycles. The second-order valence-electron chi connectivity index (χ2n) is 7.01. The zero-order valence-corrected chi connectivity index (χ0v) is 16.4. The van der Waals surface area contributed by atoms with Gasteiger partial charge in [-0.05, 0) is 56.4 Å². The van der Waals surface area contributed by atoms with Crippen molar-refractivity contribution in [2.45, 2.75) is 51.1 Å². The second kappa shape index (κ2) is 9.01. The third-order valence-corrected chi connectivity index (χ3v) is 6.23. The number of likely N-dealkylation sites (tertiary alicyclic amines) is 2. The molecule has 0 radical (unpaired) electrons. The van der Waals surface area contributed by atoms with Crippen LogP contribution in [-0.2, 0) is 4.79 Å². The normalized spacial score (nSPS) is 23.0. The Bertz CT molecular complexity index is 571. The molecular formula is C18H28ClN3O2S. The average molecular weight is 386 g/mol. The molecule has 0 aromatic carbocycles. The van der Waals surface area contributed by atoms with Crippen LogP contribution in [0.5, 0.6) is 0 Å². The molecule has 3 heterocycles. The minimum absolute atomic E-state index is 0. The van der Waals surface area contributed by atoms with Gasteiger partial charge in [-0.2, -0.15) is 0 Å². The topological polar surface area (TPSA) is 66.6 Å². The van der Waals surface area contributed by atoms with Crippen LogP contribution in [-0.4, -0.2) is 53.3 Å². The van der Waals surface area contributed by atoms with Gasteiger partial charge in [0.15, 0.2) is 0 Å². The Hall–Kier alpha value is -1.11. The Morgan fingerprint density at radius 3 is 2.52 bits per heavy atom. The summed E-state index contributed by atoms with van der Waals surface area (Å²) in [5.74, 6) is 0.639. The largest absolute Gasteiger partial charge is 0.341 e. The summed E-state index contributed by atoms with van der Waals surface area (Å²) in [4.78, 5) is 30.2. The minimum atomic E-state index is -0.291. The van der Waals surface area contributed by atoms with E-state index in [1.165, 1.54) is 11.3 Å². The summed E-state index contributed by atoms with van der Waals surface area (Å²) in [6.45, 7) is 4.26. The SMILES string of the molecule is CC(N)C1CCN(C(=O)C2CCCCN2C(=O)c2cccs2)CC1.Cl. The standard InChI is InChI=1S/C18H27N3O2S.ClH/c1-13(19)14-7-10-20(11-8-14)17(22)15-5-2-3-9-21(15)18(23)16-6-4-12-24-16;/h4,6,12-15H,2-3,5,7-11,19H2,1H3;1H. The highest BCUT2D eigenvalue weighted by Crippen LogP contribution is 2.26. The first kappa shape index (κ1) is 20.2. The number of halogens is 1. The number of amides is 2. The molecule has 2 aliphatic rings. The Kier molecular flexibility index (Phi) is 7.28. The van der Waals surface area contributed by atoms with Crippen molar-refractivity contribution in [1.82, 2.24) is 9.80 Å². The highest BCUT2D eigenvalue weighted by molar-refractivity contribution is 7.12. The van der Waals surface area contributed by atoms with Crippen molar-refractivity contribution in [3.8, 4) is 0 Å². The van der Waals surface area contributed by atoms with Crippen molar-refractivity contribution in [2.75, 3.05) is 19.6 Å². The number of nitrogens with two attached hydrogens (primary N) is 1. The number of carbonyl (C=O) groups is 2. The molecule has 2 amide bonds. The summed E-state index contributed by atoms with van der Waals surface area (Å²) >= 11 is 1.45. The number of hydrogen-bond donors (Lipinski definition) is 1. The fraction of sp³-hybridized carbons (Fsp3) is 0.667. The van der Waals surface area contributed by atoms with Crippen LogP contribution < -0.4 is 5.73 Å². The molecule has 2 aliphatic heterocycles. The number of carbonyl (C=O) groups excluding carboxylic acids is 2. The fourth-order valence-corrected chi connectivity index (χ4v) is 4.51. The van der Waals surface area contributed by atoms with Crippen molar-refractivity contribution >= 4 is 35.6 Å². The molecule has 5 nitrogen and oxygen atoms in total. The van der Waals surface area contributed by atoms with E-state index < -0.39 is 0 Å². The van der Waals surface area contributed by atoms with Crippen LogP contribution in [0.15, 0.2) is 17.5 Å². The first-order valence-electron chi connectivity index (χ1n) is 8.96. The maximum absolute atomic E-state index is 13.0. The molecule has 3 rings (SSSR count). The van der Waals surface area contributed by atoms with Gasteiger partial charge in [0.2, 0.25) is 5.91 Å². The Balaban J connectivity index is 0.00000225. The summed E-state index contributed by atoms with van der Waals surface area (Å²) in [5, 5.41) is 1.91. The van der Waals surface area contributed by atoms with Gasteiger partial charge in [-0.25, -0.2) is 0 Å². The molecule has 140 valence electrons. The van der Waals surface area contributed by atoms with Crippen molar-refractivity contribution in [1.29, 1.82) is 0 Å². The number of hydrogen-bond acceptors (Lipinski definition) is 4. The third kappa shape index (κ3) is 4.54. The lowest BCUT2D eigenvalue weighted by molar-refractivity contribution is -0.138. The average Bonchev–Trinajstić information content (AvgIpc) is 3.15. The highest BCUT2D eigenvalue weighted by atomic mass is 35.5. The van der Waals surface area contributed by atoms with Gasteiger partial charge in [-0.1, -0.05) is 6.07 Å². The molecule has 0 bridgehead atoms. The second-order valence-corrected chi connectivity index (χ2v) is 7.96. The van der Waals surface area contributed by atoms with Gasteiger partial charge >= 0.3 is 0 Å². The van der Waals surface area contributed by atoms with Gasteiger partial charge in [0.05, 0.1) is 4.88 Å². The third-order valence-electron chi connectivity index (χ3n) is 5.38. The lowest BCUT2D eigenvalue weighted by Gasteiger charge is -2.40. The molecule has 2 atom stereocenters. The molecule has 0 saturated carbocycles. The quantitative estimate of drug-likeness (QED) is 0.869. The predicted octanol–water partition coefficient (Wildman–Crippen LogP) is 2.75. The van der Waals surface area contributed by atoms with Gasteiger partial charge in [-0.3, -0.25) is 9.59 Å². The first-order valence-corrected chi connectivity index (χ1v) is 9.84. The number of nitrogens with zero attached hydrogens (tertiary/aromatic N) is 2. The molecule has 2 saturated heterocycles. The van der Waals surface area contributed by atoms with Gasteiger partial charge in [0, 0.05) is 25.7 Å². The fourth-order valence-electron chi connectivity index (χ4n) is 3.83. The number of piperidine rings is 2. The monoisotopic (exact) mass is 385 g/mol. The van der Waals surface area contributed by atoms with Crippen molar-refractivity contribution < 1.29 is 9.59 Å². The number of thiophene rings is 1. The lowest BCUT2D eigenvalue weighted by atomic mass is 9.90. The first-order chi connectivity index (χ1) is 11.6. The van der Waals surface area contributed by atoms with Crippen LogP contribution >= 0.6 is 23.7 Å². The molecular weight excluding hydrogens is 358 g/mol. The summed E-state index contributed by atoms with van der Waals surface area (Å²) in [5.41, 5.74) is 5.99. The van der Waals surface area contributed by atoms with Gasteiger partial charge in [0.1, 0.15) is 6.04 Å². The van der Waals surface area contributed by atoms with E-state index in [1.807, 2.05) is 29.3 Å². The summed E-state index contributed by atoms with van der Waals surface area (Å²) < 4.78 is 0. The van der Waals surface area contributed by atoms with Gasteiger partial charge in [0.25, 0.3) is 5.91 Å². The maximum atomic E-state index is 13.0. The summed E-state index contributed by atoms with van der Waals surface area (Å²) in [7, 11) is 0. The van der Waals surface area contributed by atoms with E-state index in [2.05, 4.69) is 0 Å². The van der Waals surface area contributed by atoms with E-state index in [9.17, 15) is 9.59 Å². The van der Waals surface area contributed by atoms with E-state index >= 15 is 0 Å². The van der Waals surface area contributed by atoms with Crippen LogP contribution in [0, 0.1) is 5.92 Å². The Morgan fingerprint density at radius 1 is 1.20 bits per heavy atom. The van der Waals surface area contributed by atoms with E-state index in [0.717, 1.165) is 50.1 Å². The zero-order valence-electron chi connectivity index (χ0n) is 14.7. The molecule has 2 fully saturated rings. The van der Waals surface area contributed by atoms with E-state index in [0.29, 0.717) is 12.5 Å². The van der Waals surface area contributed by atoms with Crippen LogP contribution in [0.4, 0.5) is 0 Å². The van der Waals surface area contributed by atoms with E-state index in [4.69, 9.17) is 5.73 Å². The zero-order chi connectivity index (χ0) is 17.1. The van der Waals surface area contributed by atoms with Crippen LogP contribution in [0.25, 0.3) is 0 Å². The van der Waals surface area contributed by atoms with Gasteiger partial charge < -0.3 is 15.5 Å². The predicted molar refractivity (Wildman–Crippen MR) is 103 cm³/mol. The highest BCUT2D eigenvalue weighted by Gasteiger charge is 2.36. The molecule has 25 heavy (non-hydrogen) atoms. The smallest absolute Gasteiger partial charge is 0.264 e. The van der Waals surface area contributed by atoms with Crippen molar-refractivity contribution in [3.63, 3.8) is 0 Å². The molecule has 7 heteroatoms. The van der Waals surface area contributed by atoms with Crippen LogP contribution in [0.1, 0.15) is 48.7 Å². The molecule has 0 spiro atoms.